The third-order valence-corrected chi connectivity index (χ3v) is 19.7. The maximum absolute atomic E-state index is 7.27. The van der Waals surface area contributed by atoms with Crippen LogP contribution in [-0.2, 0) is 0 Å². The van der Waals surface area contributed by atoms with Crippen LogP contribution in [0.2, 0.25) is 0 Å². The fourth-order valence-corrected chi connectivity index (χ4v) is 16.7. The number of nitrogens with zero attached hydrogens (tertiary/aromatic N) is 2. The molecular weight excluding hydrogens is 914 g/mol. The van der Waals surface area contributed by atoms with E-state index >= 15 is 0 Å². The molecule has 0 spiro atoms. The van der Waals surface area contributed by atoms with Crippen LogP contribution in [0.15, 0.2) is 189 Å². The van der Waals surface area contributed by atoms with Crippen molar-refractivity contribution in [1.82, 2.24) is 9.13 Å². The first kappa shape index (κ1) is 40.6. The highest BCUT2D eigenvalue weighted by atomic mass is 32.2. The molecule has 2 fully saturated rings. The molecule has 0 bridgehead atoms. The molecule has 4 nitrogen and oxygen atoms in total. The van der Waals surface area contributed by atoms with Crippen molar-refractivity contribution in [3.63, 3.8) is 0 Å². The summed E-state index contributed by atoms with van der Waals surface area (Å²) in [5.41, 5.74) is 17.8. The van der Waals surface area contributed by atoms with Crippen molar-refractivity contribution in [1.29, 1.82) is 0 Å². The Morgan fingerprint density at radius 1 is 0.361 bits per heavy atom. The van der Waals surface area contributed by atoms with Gasteiger partial charge in [0.15, 0.2) is 0 Å². The van der Waals surface area contributed by atoms with E-state index in [1.807, 2.05) is 23.5 Å². The van der Waals surface area contributed by atoms with Crippen LogP contribution in [0.4, 0.5) is 0 Å². The fraction of sp³-hybridized carbons (Fsp3) is 0.156. The second kappa shape index (κ2) is 15.3. The Morgan fingerprint density at radius 2 is 0.750 bits per heavy atom. The van der Waals surface area contributed by atoms with Crippen LogP contribution in [0.3, 0.4) is 0 Å². The lowest BCUT2D eigenvalue weighted by Gasteiger charge is -2.37. The van der Waals surface area contributed by atoms with Crippen molar-refractivity contribution in [3.8, 4) is 34.4 Å². The van der Waals surface area contributed by atoms with Crippen LogP contribution in [0.1, 0.15) is 74.3 Å². The van der Waals surface area contributed by atoms with E-state index in [-0.39, 0.29) is 13.4 Å². The SMILES string of the molecule is c1ccc2c(c1)c1ccccc1n2-c1cc2c3c(c1)Sc1cc4c(cc1B3c1ccc(C3CCCC3)cc1O2)B1c2ccc(C3CCCC3)cc2Oc2cc(-n3c5ccccc5c5ccccc53)cc(c21)S4. The average molecular weight is 961 g/mol. The number of hydrogen-bond acceptors (Lipinski definition) is 4. The molecule has 8 heteroatoms. The largest absolute Gasteiger partial charge is 0.458 e. The minimum atomic E-state index is 0.0257. The molecular formula is C64H46B2N2O2S2. The van der Waals surface area contributed by atoms with Crippen molar-refractivity contribution in [2.75, 3.05) is 0 Å². The normalized spacial score (nSPS) is 16.4. The molecule has 0 atom stereocenters. The Bertz CT molecular complexity index is 3810. The molecule has 0 N–H and O–H groups in total. The van der Waals surface area contributed by atoms with Gasteiger partial charge in [-0.15, -0.1) is 0 Å². The summed E-state index contributed by atoms with van der Waals surface area (Å²) in [5, 5.41) is 5.06. The number of ether oxygens (including phenoxy) is 2. The van der Waals surface area contributed by atoms with E-state index in [2.05, 4.69) is 179 Å². The zero-order chi connectivity index (χ0) is 46.8. The van der Waals surface area contributed by atoms with Gasteiger partial charge in [-0.25, -0.2) is 0 Å². The molecule has 2 aliphatic carbocycles. The Kier molecular flexibility index (Phi) is 8.61. The number of fused-ring (bicyclic) bond motifs is 14. The third kappa shape index (κ3) is 5.76. The summed E-state index contributed by atoms with van der Waals surface area (Å²) >= 11 is 3.84. The molecule has 2 saturated carbocycles. The summed E-state index contributed by atoms with van der Waals surface area (Å²) < 4.78 is 19.5. The van der Waals surface area contributed by atoms with Crippen LogP contribution >= 0.6 is 23.5 Å². The quantitative estimate of drug-likeness (QED) is 0.164. The van der Waals surface area contributed by atoms with Gasteiger partial charge in [-0.05, 0) is 125 Å². The average Bonchev–Trinajstić information content (AvgIpc) is 4.27. The van der Waals surface area contributed by atoms with E-state index < -0.39 is 0 Å². The molecule has 17 rings (SSSR count). The van der Waals surface area contributed by atoms with Crippen molar-refractivity contribution < 1.29 is 9.47 Å². The first-order valence-corrected chi connectivity index (χ1v) is 27.8. The Balaban J connectivity index is 0.883. The van der Waals surface area contributed by atoms with E-state index in [4.69, 9.17) is 9.47 Å². The van der Waals surface area contributed by atoms with Gasteiger partial charge in [-0.3, -0.25) is 0 Å². The minimum Gasteiger partial charge on any atom is -0.458 e. The standard InChI is InChI=1S/C64H46B2N2O2S2/c1-2-14-37(13-1)39-25-27-47-55(29-39)69-57-31-41(67-51-21-9-5-17-43(51)44-18-6-10-22-52(44)67)33-61-63(57)65(47)49-35-50-60(36-59(49)71-61)72-62-34-42(68-53-23-11-7-19-45(53)46-20-8-12-24-54(46)68)32-58-64(62)66(50)48-28-26-40(30-56(48)70-58)38-15-3-4-16-38/h5-12,17-38H,1-4,13-16H2. The van der Waals surface area contributed by atoms with Crippen molar-refractivity contribution in [3.05, 3.63) is 181 Å². The highest BCUT2D eigenvalue weighted by Gasteiger charge is 2.45. The molecule has 6 aliphatic rings. The number of hydrogen-bond donors (Lipinski definition) is 0. The first-order chi connectivity index (χ1) is 35.7. The number of rotatable bonds is 4. The van der Waals surface area contributed by atoms with Gasteiger partial charge in [0.05, 0.1) is 33.4 Å². The minimum absolute atomic E-state index is 0.0257. The number of para-hydroxylation sites is 4. The molecule has 0 unspecified atom stereocenters. The van der Waals surface area contributed by atoms with Gasteiger partial charge in [-0.2, -0.15) is 0 Å². The number of benzene rings is 9. The lowest BCUT2D eigenvalue weighted by atomic mass is 9.32. The van der Waals surface area contributed by atoms with Gasteiger partial charge in [0.2, 0.25) is 0 Å². The van der Waals surface area contributed by atoms with Crippen LogP contribution < -0.4 is 42.3 Å². The monoisotopic (exact) mass is 960 g/mol. The van der Waals surface area contributed by atoms with E-state index in [0.717, 1.165) is 34.4 Å². The molecule has 342 valence electrons. The summed E-state index contributed by atoms with van der Waals surface area (Å²) in [7, 11) is 0. The van der Waals surface area contributed by atoms with Gasteiger partial charge >= 0.3 is 0 Å². The Labute approximate surface area is 427 Å². The van der Waals surface area contributed by atoms with Crippen molar-refractivity contribution in [2.45, 2.75) is 82.8 Å². The van der Waals surface area contributed by atoms with Crippen LogP contribution in [-0.4, -0.2) is 22.6 Å². The molecule has 72 heavy (non-hydrogen) atoms. The zero-order valence-corrected chi connectivity index (χ0v) is 41.3. The van der Waals surface area contributed by atoms with Crippen LogP contribution in [0.25, 0.3) is 55.0 Å². The maximum Gasteiger partial charge on any atom is 0.253 e. The second-order valence-electron chi connectivity index (χ2n) is 21.2. The summed E-state index contributed by atoms with van der Waals surface area (Å²) in [6.45, 7) is 0.0513. The zero-order valence-electron chi connectivity index (χ0n) is 39.7. The summed E-state index contributed by atoms with van der Waals surface area (Å²) in [6.07, 6.45) is 10.2. The van der Waals surface area contributed by atoms with E-state index in [9.17, 15) is 0 Å². The fourth-order valence-electron chi connectivity index (χ4n) is 14.2. The van der Waals surface area contributed by atoms with Crippen molar-refractivity contribution >= 4 is 113 Å². The molecule has 9 aromatic carbocycles. The summed E-state index contributed by atoms with van der Waals surface area (Å²) in [5.74, 6) is 5.13. The van der Waals surface area contributed by atoms with Crippen LogP contribution in [0, 0.1) is 0 Å². The molecule has 6 heterocycles. The lowest BCUT2D eigenvalue weighted by molar-refractivity contribution is 0.484. The van der Waals surface area contributed by atoms with Gasteiger partial charge in [0.25, 0.3) is 13.4 Å². The smallest absolute Gasteiger partial charge is 0.253 e. The molecule has 0 radical (unpaired) electrons. The summed E-state index contributed by atoms with van der Waals surface area (Å²) in [6, 6.07) is 64.6. The third-order valence-electron chi connectivity index (χ3n) is 17.4. The first-order valence-electron chi connectivity index (χ1n) is 26.2. The molecule has 11 aromatic rings. The predicted octanol–water partition coefficient (Wildman–Crippen LogP) is 13.4. The summed E-state index contributed by atoms with van der Waals surface area (Å²) in [4.78, 5) is 5.17. The van der Waals surface area contributed by atoms with Crippen LogP contribution in [0.5, 0.6) is 23.0 Å². The molecule has 2 aromatic heterocycles. The van der Waals surface area contributed by atoms with E-state index in [1.165, 1.54) is 158 Å². The highest BCUT2D eigenvalue weighted by Crippen LogP contribution is 2.46. The van der Waals surface area contributed by atoms with Crippen molar-refractivity contribution in [2.24, 2.45) is 0 Å². The second-order valence-corrected chi connectivity index (χ2v) is 23.4. The maximum atomic E-state index is 7.27. The molecule has 0 saturated heterocycles. The van der Waals surface area contributed by atoms with E-state index in [1.54, 1.807) is 0 Å². The van der Waals surface area contributed by atoms with Gasteiger partial charge < -0.3 is 18.6 Å². The van der Waals surface area contributed by atoms with Gasteiger partial charge in [-0.1, -0.05) is 163 Å². The Morgan fingerprint density at radius 3 is 1.15 bits per heavy atom. The van der Waals surface area contributed by atoms with E-state index in [0.29, 0.717) is 11.8 Å². The Hall–Kier alpha value is -6.99. The predicted molar refractivity (Wildman–Crippen MR) is 301 cm³/mol. The van der Waals surface area contributed by atoms with Gasteiger partial charge in [0.1, 0.15) is 23.0 Å². The molecule has 4 aliphatic heterocycles. The molecule has 0 amide bonds. The lowest BCUT2D eigenvalue weighted by Crippen LogP contribution is -2.62. The highest BCUT2D eigenvalue weighted by molar-refractivity contribution is 8.01. The van der Waals surface area contributed by atoms with Gasteiger partial charge in [0, 0.05) is 53.3 Å². The number of aromatic nitrogens is 2. The topological polar surface area (TPSA) is 28.3 Å².